The van der Waals surface area contributed by atoms with E-state index in [1.165, 1.54) is 37.9 Å². The van der Waals surface area contributed by atoms with Gasteiger partial charge in [0.05, 0.1) is 12.9 Å². The van der Waals surface area contributed by atoms with E-state index < -0.39 is 5.82 Å². The molecule has 1 aromatic heterocycles. The Morgan fingerprint density at radius 3 is 2.95 bits per heavy atom. The number of ketones is 1. The van der Waals surface area contributed by atoms with E-state index in [0.717, 1.165) is 0 Å². The van der Waals surface area contributed by atoms with Crippen molar-refractivity contribution in [3.05, 3.63) is 24.0 Å². The van der Waals surface area contributed by atoms with Crippen LogP contribution in [0.5, 0.6) is 5.75 Å². The molecule has 0 saturated carbocycles. The van der Waals surface area contributed by atoms with E-state index in [0.29, 0.717) is 28.0 Å². The van der Waals surface area contributed by atoms with E-state index in [9.17, 15) is 9.18 Å². The van der Waals surface area contributed by atoms with Crippen LogP contribution in [0.25, 0.3) is 11.4 Å². The highest BCUT2D eigenvalue weighted by Crippen LogP contribution is 2.24. The van der Waals surface area contributed by atoms with E-state index in [1.807, 2.05) is 0 Å². The van der Waals surface area contributed by atoms with Crippen LogP contribution in [-0.2, 0) is 4.79 Å². The maximum Gasteiger partial charge on any atom is 0.209 e. The number of hydrogen-bond donors (Lipinski definition) is 1. The number of aromatic nitrogens is 3. The van der Waals surface area contributed by atoms with Crippen molar-refractivity contribution in [1.82, 2.24) is 15.2 Å². The number of H-pyrrole nitrogens is 1. The molecule has 1 aromatic carbocycles. The molecule has 2 rings (SSSR count). The Hall–Kier alpha value is -1.89. The first kappa shape index (κ1) is 13.5. The fourth-order valence-electron chi connectivity index (χ4n) is 1.42. The Bertz CT molecular complexity index is 600. The van der Waals surface area contributed by atoms with Crippen molar-refractivity contribution in [3.63, 3.8) is 0 Å². The predicted octanol–water partition coefficient (Wildman–Crippen LogP) is 2.30. The van der Waals surface area contributed by atoms with Gasteiger partial charge >= 0.3 is 0 Å². The smallest absolute Gasteiger partial charge is 0.209 e. The van der Waals surface area contributed by atoms with Crippen molar-refractivity contribution in [2.24, 2.45) is 0 Å². The van der Waals surface area contributed by atoms with Crippen molar-refractivity contribution in [3.8, 4) is 17.1 Å². The fraction of sp³-hybridized carbons (Fsp3) is 0.250. The lowest BCUT2D eigenvalue weighted by atomic mass is 10.2. The molecule has 5 nitrogen and oxygen atoms in total. The summed E-state index contributed by atoms with van der Waals surface area (Å²) in [6.45, 7) is 1.50. The van der Waals surface area contributed by atoms with Crippen molar-refractivity contribution < 1.29 is 13.9 Å². The first-order chi connectivity index (χ1) is 9.08. The van der Waals surface area contributed by atoms with Gasteiger partial charge < -0.3 is 4.74 Å². The maximum absolute atomic E-state index is 13.4. The average Bonchev–Trinajstić information content (AvgIpc) is 2.84. The highest BCUT2D eigenvalue weighted by Gasteiger charge is 2.09. The van der Waals surface area contributed by atoms with E-state index in [4.69, 9.17) is 4.74 Å². The van der Waals surface area contributed by atoms with Crippen LogP contribution in [0.3, 0.4) is 0 Å². The molecule has 19 heavy (non-hydrogen) atoms. The van der Waals surface area contributed by atoms with Gasteiger partial charge in [0.2, 0.25) is 5.16 Å². The summed E-state index contributed by atoms with van der Waals surface area (Å²) in [5.41, 5.74) is 0.541. The molecule has 0 aliphatic rings. The van der Waals surface area contributed by atoms with Crippen LogP contribution >= 0.6 is 11.8 Å². The number of hydrogen-bond acceptors (Lipinski definition) is 5. The zero-order valence-electron chi connectivity index (χ0n) is 10.4. The van der Waals surface area contributed by atoms with Gasteiger partial charge in [-0.1, -0.05) is 11.8 Å². The van der Waals surface area contributed by atoms with E-state index >= 15 is 0 Å². The lowest BCUT2D eigenvalue weighted by Crippen LogP contribution is -1.93. The van der Waals surface area contributed by atoms with Crippen molar-refractivity contribution >= 4 is 17.5 Å². The summed E-state index contributed by atoms with van der Waals surface area (Å²) < 4.78 is 18.4. The molecule has 0 radical (unpaired) electrons. The van der Waals surface area contributed by atoms with Crippen LogP contribution in [0.2, 0.25) is 0 Å². The number of nitrogens with one attached hydrogen (secondary N) is 1. The molecule has 0 amide bonds. The number of methoxy groups -OCH3 is 1. The zero-order chi connectivity index (χ0) is 13.8. The highest BCUT2D eigenvalue weighted by molar-refractivity contribution is 7.99. The number of thioether (sulfide) groups is 1. The van der Waals surface area contributed by atoms with Crippen LogP contribution < -0.4 is 4.74 Å². The van der Waals surface area contributed by atoms with Gasteiger partial charge in [-0.15, -0.1) is 5.10 Å². The topological polar surface area (TPSA) is 67.9 Å². The van der Waals surface area contributed by atoms with Crippen LogP contribution in [0.4, 0.5) is 4.39 Å². The summed E-state index contributed by atoms with van der Waals surface area (Å²) >= 11 is 1.23. The summed E-state index contributed by atoms with van der Waals surface area (Å²) in [5.74, 6) is 0.782. The van der Waals surface area contributed by atoms with Gasteiger partial charge in [0.1, 0.15) is 17.3 Å². The van der Waals surface area contributed by atoms with Crippen LogP contribution in [0, 0.1) is 5.82 Å². The fourth-order valence-corrected chi connectivity index (χ4v) is 2.02. The van der Waals surface area contributed by atoms with Gasteiger partial charge in [0, 0.05) is 11.6 Å². The molecule has 7 heteroatoms. The van der Waals surface area contributed by atoms with Crippen molar-refractivity contribution in [2.45, 2.75) is 12.1 Å². The third-order valence-corrected chi connectivity index (χ3v) is 3.24. The Labute approximate surface area is 113 Å². The Morgan fingerprint density at radius 2 is 2.26 bits per heavy atom. The second-order valence-electron chi connectivity index (χ2n) is 3.84. The standard InChI is InChI=1S/C12H12FN3O2S/c1-7(17)6-19-12-14-11(15-16-12)8-3-9(13)5-10(4-8)18-2/h3-5H,6H2,1-2H3,(H,14,15,16). The minimum atomic E-state index is -0.413. The van der Waals surface area contributed by atoms with E-state index in [-0.39, 0.29) is 5.78 Å². The molecule has 100 valence electrons. The average molecular weight is 281 g/mol. The molecular formula is C12H12FN3O2S. The Kier molecular flexibility index (Phi) is 4.16. The number of carbonyl (C=O) groups is 1. The first-order valence-corrected chi connectivity index (χ1v) is 6.46. The van der Waals surface area contributed by atoms with Crippen LogP contribution in [0.1, 0.15) is 6.92 Å². The van der Waals surface area contributed by atoms with Gasteiger partial charge in [-0.3, -0.25) is 9.89 Å². The van der Waals surface area contributed by atoms with Gasteiger partial charge in [-0.2, -0.15) is 0 Å². The number of Topliss-reactive ketones (excluding diaryl/α,β-unsaturated/α-hetero) is 1. The lowest BCUT2D eigenvalue weighted by Gasteiger charge is -2.02. The van der Waals surface area contributed by atoms with Gasteiger partial charge in [0.25, 0.3) is 0 Å². The highest BCUT2D eigenvalue weighted by atomic mass is 32.2. The second-order valence-corrected chi connectivity index (χ2v) is 4.78. The molecule has 0 saturated heterocycles. The number of halogens is 1. The molecule has 0 unspecified atom stereocenters. The van der Waals surface area contributed by atoms with Crippen LogP contribution in [-0.4, -0.2) is 33.8 Å². The molecule has 0 aliphatic heterocycles. The molecule has 2 aromatic rings. The second kappa shape index (κ2) is 5.83. The summed E-state index contributed by atoms with van der Waals surface area (Å²) in [5, 5.41) is 7.12. The molecule has 0 aliphatic carbocycles. The van der Waals surface area contributed by atoms with E-state index in [2.05, 4.69) is 15.2 Å². The quantitative estimate of drug-likeness (QED) is 0.852. The largest absolute Gasteiger partial charge is 0.497 e. The van der Waals surface area contributed by atoms with Crippen LogP contribution in [0.15, 0.2) is 23.4 Å². The Morgan fingerprint density at radius 1 is 1.47 bits per heavy atom. The minimum Gasteiger partial charge on any atom is -0.497 e. The SMILES string of the molecule is COc1cc(F)cc(-c2nc(SCC(C)=O)n[nH]2)c1. The Balaban J connectivity index is 2.22. The molecule has 0 bridgehead atoms. The molecule has 0 spiro atoms. The number of rotatable bonds is 5. The maximum atomic E-state index is 13.4. The lowest BCUT2D eigenvalue weighted by molar-refractivity contribution is -0.114. The third-order valence-electron chi connectivity index (χ3n) is 2.25. The van der Waals surface area contributed by atoms with Gasteiger partial charge in [-0.25, -0.2) is 9.37 Å². The molecule has 1 heterocycles. The normalized spacial score (nSPS) is 10.5. The molecule has 0 fully saturated rings. The zero-order valence-corrected chi connectivity index (χ0v) is 11.3. The molecule has 0 atom stereocenters. The number of nitrogens with zero attached hydrogens (tertiary/aromatic N) is 2. The number of benzene rings is 1. The summed E-state index contributed by atoms with van der Waals surface area (Å²) in [6, 6.07) is 4.27. The summed E-state index contributed by atoms with van der Waals surface area (Å²) in [7, 11) is 1.47. The molecular weight excluding hydrogens is 269 g/mol. The van der Waals surface area contributed by atoms with E-state index in [1.54, 1.807) is 6.07 Å². The monoisotopic (exact) mass is 281 g/mol. The third kappa shape index (κ3) is 3.54. The number of aromatic amines is 1. The first-order valence-electron chi connectivity index (χ1n) is 5.48. The minimum absolute atomic E-state index is 0.0452. The molecule has 1 N–H and O–H groups in total. The van der Waals surface area contributed by atoms with Gasteiger partial charge in [-0.05, 0) is 19.1 Å². The number of ether oxygens (including phenoxy) is 1. The predicted molar refractivity (Wildman–Crippen MR) is 69.7 cm³/mol. The number of carbonyl (C=O) groups excluding carboxylic acids is 1. The summed E-state index contributed by atoms with van der Waals surface area (Å²) in [4.78, 5) is 15.1. The summed E-state index contributed by atoms with van der Waals surface area (Å²) in [6.07, 6.45) is 0. The van der Waals surface area contributed by atoms with Crippen molar-refractivity contribution in [2.75, 3.05) is 12.9 Å². The van der Waals surface area contributed by atoms with Crippen molar-refractivity contribution in [1.29, 1.82) is 0 Å². The van der Waals surface area contributed by atoms with Gasteiger partial charge in [0.15, 0.2) is 5.82 Å².